The average Bonchev–Trinajstić information content (AvgIpc) is 2.43. The molecule has 1 N–H and O–H groups in total. The highest BCUT2D eigenvalue weighted by atomic mass is 35.5. The van der Waals surface area contributed by atoms with Crippen LogP contribution in [0.3, 0.4) is 0 Å². The van der Waals surface area contributed by atoms with Gasteiger partial charge in [0.2, 0.25) is 0 Å². The van der Waals surface area contributed by atoms with Crippen LogP contribution in [0.2, 0.25) is 5.02 Å². The van der Waals surface area contributed by atoms with E-state index in [-0.39, 0.29) is 6.04 Å². The molecule has 112 valence electrons. The minimum Gasteiger partial charge on any atom is -0.312 e. The largest absolute Gasteiger partial charge is 0.312 e. The lowest BCUT2D eigenvalue weighted by Crippen LogP contribution is -2.23. The highest BCUT2D eigenvalue weighted by Gasteiger charge is 2.15. The topological polar surface area (TPSA) is 29.1 Å². The van der Waals surface area contributed by atoms with Crippen molar-refractivity contribution in [3.05, 3.63) is 64.2 Å². The number of hydrogen-bond donors (Lipinski definition) is 1. The van der Waals surface area contributed by atoms with E-state index < -0.39 is 10.8 Å². The van der Waals surface area contributed by atoms with Crippen molar-refractivity contribution in [3.63, 3.8) is 0 Å². The van der Waals surface area contributed by atoms with Crippen LogP contribution < -0.4 is 5.32 Å². The molecule has 0 heterocycles. The zero-order valence-corrected chi connectivity index (χ0v) is 14.1. The van der Waals surface area contributed by atoms with Crippen molar-refractivity contribution in [2.45, 2.75) is 24.8 Å². The van der Waals surface area contributed by atoms with Crippen molar-refractivity contribution in [1.82, 2.24) is 5.32 Å². The van der Waals surface area contributed by atoms with Gasteiger partial charge in [-0.15, -0.1) is 0 Å². The third kappa shape index (κ3) is 4.40. The van der Waals surface area contributed by atoms with Gasteiger partial charge in [0.1, 0.15) is 0 Å². The molecule has 2 aromatic rings. The van der Waals surface area contributed by atoms with Gasteiger partial charge in [0.15, 0.2) is 0 Å². The first-order valence-corrected chi connectivity index (χ1v) is 8.58. The second-order valence-corrected chi connectivity index (χ2v) is 7.16. The number of halogens is 1. The second kappa shape index (κ2) is 7.21. The predicted molar refractivity (Wildman–Crippen MR) is 90.4 cm³/mol. The van der Waals surface area contributed by atoms with E-state index in [2.05, 4.69) is 37.4 Å². The fourth-order valence-electron chi connectivity index (χ4n) is 2.41. The maximum atomic E-state index is 12.5. The molecule has 0 radical (unpaired) electrons. The fraction of sp³-hybridized carbons (Fsp3) is 0.294. The van der Waals surface area contributed by atoms with Crippen LogP contribution in [0.15, 0.2) is 47.4 Å². The van der Waals surface area contributed by atoms with E-state index >= 15 is 0 Å². The Morgan fingerprint density at radius 3 is 2.38 bits per heavy atom. The Labute approximate surface area is 134 Å². The summed E-state index contributed by atoms with van der Waals surface area (Å²) in [6.45, 7) is 4.16. The molecule has 0 aliphatic heterocycles. The van der Waals surface area contributed by atoms with Gasteiger partial charge in [-0.1, -0.05) is 47.0 Å². The predicted octanol–water partition coefficient (Wildman–Crippen LogP) is 4.03. The number of aryl methyl sites for hydroxylation is 2. The summed E-state index contributed by atoms with van der Waals surface area (Å²) in [6, 6.07) is 13.7. The molecule has 4 heteroatoms. The van der Waals surface area contributed by atoms with Crippen LogP contribution >= 0.6 is 11.6 Å². The maximum absolute atomic E-state index is 12.5. The molecule has 0 saturated heterocycles. The van der Waals surface area contributed by atoms with E-state index in [9.17, 15) is 4.21 Å². The Hall–Kier alpha value is -1.16. The molecule has 2 aromatic carbocycles. The maximum Gasteiger partial charge on any atom is 0.0549 e. The van der Waals surface area contributed by atoms with E-state index in [0.717, 1.165) is 4.90 Å². The number of nitrogens with one attached hydrogen (secondary N) is 1. The van der Waals surface area contributed by atoms with Crippen LogP contribution in [0.4, 0.5) is 0 Å². The minimum atomic E-state index is -1.08. The normalized spacial score (nSPS) is 13.9. The van der Waals surface area contributed by atoms with Crippen molar-refractivity contribution in [1.29, 1.82) is 0 Å². The molecule has 0 aliphatic rings. The lowest BCUT2D eigenvalue weighted by atomic mass is 10.0. The first-order valence-electron chi connectivity index (χ1n) is 6.89. The standard InChI is InChI=1S/C17H20ClNOS/c1-12-7-13(2)9-14(8-12)17(19-3)11-21(20)16-6-4-5-15(18)10-16/h4-10,17,19H,11H2,1-3H3. The van der Waals surface area contributed by atoms with Crippen LogP contribution in [0.1, 0.15) is 22.7 Å². The van der Waals surface area contributed by atoms with Gasteiger partial charge in [0, 0.05) is 21.7 Å². The third-order valence-corrected chi connectivity index (χ3v) is 5.02. The van der Waals surface area contributed by atoms with E-state index in [4.69, 9.17) is 11.6 Å². The Bertz CT molecular complexity index is 637. The van der Waals surface area contributed by atoms with Gasteiger partial charge in [0.25, 0.3) is 0 Å². The van der Waals surface area contributed by atoms with Gasteiger partial charge in [-0.05, 0) is 44.7 Å². The van der Waals surface area contributed by atoms with Crippen LogP contribution in [0, 0.1) is 13.8 Å². The van der Waals surface area contributed by atoms with Gasteiger partial charge in [0.05, 0.1) is 10.8 Å². The highest BCUT2D eigenvalue weighted by molar-refractivity contribution is 7.85. The monoisotopic (exact) mass is 321 g/mol. The zero-order valence-electron chi connectivity index (χ0n) is 12.5. The SMILES string of the molecule is CNC(CS(=O)c1cccc(Cl)c1)c1cc(C)cc(C)c1. The molecular formula is C17H20ClNOS. The number of benzene rings is 2. The van der Waals surface area contributed by atoms with Crippen LogP contribution in [0.25, 0.3) is 0 Å². The van der Waals surface area contributed by atoms with E-state index in [1.54, 1.807) is 12.1 Å². The van der Waals surface area contributed by atoms with Crippen molar-refractivity contribution in [3.8, 4) is 0 Å². The molecule has 2 nitrogen and oxygen atoms in total. The van der Waals surface area contributed by atoms with Crippen molar-refractivity contribution < 1.29 is 4.21 Å². The smallest absolute Gasteiger partial charge is 0.0549 e. The third-order valence-electron chi connectivity index (χ3n) is 3.37. The number of hydrogen-bond acceptors (Lipinski definition) is 2. The Morgan fingerprint density at radius 1 is 1.14 bits per heavy atom. The van der Waals surface area contributed by atoms with Gasteiger partial charge in [-0.25, -0.2) is 0 Å². The second-order valence-electron chi connectivity index (χ2n) is 5.23. The summed E-state index contributed by atoms with van der Waals surface area (Å²) in [5.41, 5.74) is 3.61. The summed E-state index contributed by atoms with van der Waals surface area (Å²) in [7, 11) is 0.816. The van der Waals surface area contributed by atoms with Crippen LogP contribution in [0.5, 0.6) is 0 Å². The molecule has 2 atom stereocenters. The van der Waals surface area contributed by atoms with E-state index in [0.29, 0.717) is 10.8 Å². The van der Waals surface area contributed by atoms with Gasteiger partial charge in [-0.3, -0.25) is 4.21 Å². The summed E-state index contributed by atoms with van der Waals surface area (Å²) in [5.74, 6) is 0.528. The molecule has 2 rings (SSSR count). The lowest BCUT2D eigenvalue weighted by Gasteiger charge is -2.17. The molecule has 0 aromatic heterocycles. The number of rotatable bonds is 5. The summed E-state index contributed by atoms with van der Waals surface area (Å²) in [6.07, 6.45) is 0. The fourth-order valence-corrected chi connectivity index (χ4v) is 4.01. The lowest BCUT2D eigenvalue weighted by molar-refractivity contribution is 0.635. The molecule has 0 bridgehead atoms. The molecule has 2 unspecified atom stereocenters. The average molecular weight is 322 g/mol. The summed E-state index contributed by atoms with van der Waals surface area (Å²) < 4.78 is 12.5. The van der Waals surface area contributed by atoms with Crippen LogP contribution in [-0.2, 0) is 10.8 Å². The highest BCUT2D eigenvalue weighted by Crippen LogP contribution is 2.21. The van der Waals surface area contributed by atoms with Gasteiger partial charge in [-0.2, -0.15) is 0 Å². The molecule has 0 saturated carbocycles. The van der Waals surface area contributed by atoms with Crippen LogP contribution in [-0.4, -0.2) is 17.0 Å². The summed E-state index contributed by atoms with van der Waals surface area (Å²) in [5, 5.41) is 3.88. The quantitative estimate of drug-likeness (QED) is 0.901. The van der Waals surface area contributed by atoms with Gasteiger partial charge < -0.3 is 5.32 Å². The molecule has 21 heavy (non-hydrogen) atoms. The molecule has 0 spiro atoms. The van der Waals surface area contributed by atoms with Gasteiger partial charge >= 0.3 is 0 Å². The molecular weight excluding hydrogens is 302 g/mol. The minimum absolute atomic E-state index is 0.0587. The van der Waals surface area contributed by atoms with E-state index in [1.807, 2.05) is 19.2 Å². The Balaban J connectivity index is 2.20. The molecule has 0 fully saturated rings. The van der Waals surface area contributed by atoms with Crippen molar-refractivity contribution in [2.75, 3.05) is 12.8 Å². The summed E-state index contributed by atoms with van der Waals surface area (Å²) >= 11 is 5.97. The Morgan fingerprint density at radius 2 is 1.81 bits per heavy atom. The molecule has 0 aliphatic carbocycles. The summed E-state index contributed by atoms with van der Waals surface area (Å²) in [4.78, 5) is 0.770. The Kier molecular flexibility index (Phi) is 5.57. The van der Waals surface area contributed by atoms with E-state index in [1.165, 1.54) is 16.7 Å². The molecule has 0 amide bonds. The zero-order chi connectivity index (χ0) is 15.4. The van der Waals surface area contributed by atoms with Crippen molar-refractivity contribution >= 4 is 22.4 Å². The first-order chi connectivity index (χ1) is 9.99. The van der Waals surface area contributed by atoms with Crippen molar-refractivity contribution in [2.24, 2.45) is 0 Å². The first kappa shape index (κ1) is 16.2.